The van der Waals surface area contributed by atoms with Crippen LogP contribution < -0.4 is 20.3 Å². The number of nitrogens with one attached hydrogen (secondary N) is 2. The number of aryl methyl sites for hydroxylation is 1. The van der Waals surface area contributed by atoms with Crippen molar-refractivity contribution in [2.45, 2.75) is 38.5 Å². The summed E-state index contributed by atoms with van der Waals surface area (Å²) in [6.45, 7) is 4.27. The second kappa shape index (κ2) is 9.97. The van der Waals surface area contributed by atoms with E-state index in [2.05, 4.69) is 10.6 Å². The second-order valence-electron chi connectivity index (χ2n) is 8.31. The van der Waals surface area contributed by atoms with Crippen molar-refractivity contribution in [2.75, 3.05) is 16.8 Å². The third-order valence-electron chi connectivity index (χ3n) is 5.88. The predicted octanol–water partition coefficient (Wildman–Crippen LogP) is 4.42. The van der Waals surface area contributed by atoms with Crippen molar-refractivity contribution in [3.63, 3.8) is 0 Å². The number of fused-ring (bicyclic) bond motifs is 1. The number of urea groups is 1. The largest absolute Gasteiger partial charge is 0.494 e. The molecule has 0 bridgehead atoms. The third-order valence-corrected chi connectivity index (χ3v) is 5.88. The van der Waals surface area contributed by atoms with E-state index in [1.165, 1.54) is 5.56 Å². The van der Waals surface area contributed by atoms with Crippen LogP contribution in [0, 0.1) is 0 Å². The molecule has 2 unspecified atom stereocenters. The molecule has 3 aromatic carbocycles. The first kappa shape index (κ1) is 23.3. The Morgan fingerprint density at radius 3 is 2.44 bits per heavy atom. The molecule has 3 N–H and O–H groups in total. The molecule has 0 fully saturated rings. The van der Waals surface area contributed by atoms with Crippen LogP contribution in [0.2, 0.25) is 0 Å². The zero-order chi connectivity index (χ0) is 24.1. The average Bonchev–Trinajstić information content (AvgIpc) is 2.84. The minimum Gasteiger partial charge on any atom is -0.494 e. The zero-order valence-electron chi connectivity index (χ0n) is 19.3. The highest BCUT2D eigenvalue weighted by molar-refractivity contribution is 6.11. The maximum absolute atomic E-state index is 13.6. The summed E-state index contributed by atoms with van der Waals surface area (Å²) in [5.41, 5.74) is -0.00107. The van der Waals surface area contributed by atoms with E-state index in [0.29, 0.717) is 35.7 Å². The molecule has 0 radical (unpaired) electrons. The molecular weight excluding hydrogens is 430 g/mol. The summed E-state index contributed by atoms with van der Waals surface area (Å²) >= 11 is 0. The molecule has 7 heteroatoms. The maximum Gasteiger partial charge on any atom is 0.329 e. The van der Waals surface area contributed by atoms with Gasteiger partial charge in [-0.1, -0.05) is 48.5 Å². The lowest BCUT2D eigenvalue weighted by Gasteiger charge is -2.43. The van der Waals surface area contributed by atoms with Gasteiger partial charge in [-0.2, -0.15) is 0 Å². The van der Waals surface area contributed by atoms with Crippen LogP contribution in [0.25, 0.3) is 0 Å². The fraction of sp³-hybridized carbons (Fsp3) is 0.259. The molecule has 2 atom stereocenters. The van der Waals surface area contributed by atoms with Gasteiger partial charge in [-0.15, -0.1) is 0 Å². The molecule has 1 aliphatic rings. The smallest absolute Gasteiger partial charge is 0.329 e. The normalized spacial score (nSPS) is 18.0. The van der Waals surface area contributed by atoms with Gasteiger partial charge in [-0.25, -0.2) is 4.79 Å². The topological polar surface area (TPSA) is 90.9 Å². The van der Waals surface area contributed by atoms with E-state index in [1.807, 2.05) is 44.2 Å². The van der Waals surface area contributed by atoms with Crippen LogP contribution in [0.5, 0.6) is 5.75 Å². The Labute approximate surface area is 199 Å². The van der Waals surface area contributed by atoms with Crippen LogP contribution in [-0.4, -0.2) is 29.7 Å². The number of carbonyl (C=O) groups is 2. The van der Waals surface area contributed by atoms with Crippen LogP contribution in [0.15, 0.2) is 78.9 Å². The van der Waals surface area contributed by atoms with E-state index >= 15 is 0 Å². The molecule has 3 aromatic rings. The first-order valence-corrected chi connectivity index (χ1v) is 11.4. The first-order valence-electron chi connectivity index (χ1n) is 11.4. The van der Waals surface area contributed by atoms with Gasteiger partial charge in [-0.3, -0.25) is 9.69 Å². The van der Waals surface area contributed by atoms with Crippen LogP contribution in [-0.2, 0) is 16.9 Å². The van der Waals surface area contributed by atoms with Gasteiger partial charge >= 0.3 is 6.03 Å². The molecule has 0 aromatic heterocycles. The number of aliphatic hydroxyl groups is 1. The van der Waals surface area contributed by atoms with Crippen molar-refractivity contribution >= 4 is 23.3 Å². The van der Waals surface area contributed by atoms with Crippen molar-refractivity contribution in [3.05, 3.63) is 90.0 Å². The van der Waals surface area contributed by atoms with E-state index in [-0.39, 0.29) is 6.04 Å². The SMILES string of the molecule is CCOc1ccc(N2C(=O)Nc3ccccc3C2(O)C(=O)NC(C)CCc2ccccc2)cc1. The van der Waals surface area contributed by atoms with Crippen LogP contribution in [0.1, 0.15) is 31.4 Å². The van der Waals surface area contributed by atoms with Gasteiger partial charge in [-0.05, 0) is 62.6 Å². The predicted molar refractivity (Wildman–Crippen MR) is 132 cm³/mol. The minimum absolute atomic E-state index is 0.226. The summed E-state index contributed by atoms with van der Waals surface area (Å²) in [6, 6.07) is 22.7. The average molecular weight is 460 g/mol. The Balaban J connectivity index is 1.63. The Bertz CT molecular complexity index is 1150. The number of benzene rings is 3. The maximum atomic E-state index is 13.6. The number of anilines is 2. The fourth-order valence-corrected chi connectivity index (χ4v) is 4.15. The number of carbonyl (C=O) groups excluding carboxylic acids is 2. The van der Waals surface area contributed by atoms with E-state index < -0.39 is 17.7 Å². The molecule has 0 spiro atoms. The molecule has 1 heterocycles. The Morgan fingerprint density at radius 1 is 1.06 bits per heavy atom. The first-order chi connectivity index (χ1) is 16.4. The van der Waals surface area contributed by atoms with Crippen LogP contribution in [0.3, 0.4) is 0 Å². The minimum atomic E-state index is -2.23. The molecule has 4 rings (SSSR count). The molecule has 0 saturated heterocycles. The van der Waals surface area contributed by atoms with E-state index in [4.69, 9.17) is 4.74 Å². The van der Waals surface area contributed by atoms with Crippen LogP contribution >= 0.6 is 0 Å². The monoisotopic (exact) mass is 459 g/mol. The van der Waals surface area contributed by atoms with E-state index in [0.717, 1.165) is 11.3 Å². The van der Waals surface area contributed by atoms with Crippen molar-refractivity contribution in [1.29, 1.82) is 0 Å². The lowest BCUT2D eigenvalue weighted by molar-refractivity contribution is -0.141. The highest BCUT2D eigenvalue weighted by Gasteiger charge is 2.52. The summed E-state index contributed by atoms with van der Waals surface area (Å²) in [5, 5.41) is 17.6. The third kappa shape index (κ3) is 4.61. The number of para-hydroxylation sites is 1. The van der Waals surface area contributed by atoms with E-state index in [1.54, 1.807) is 48.5 Å². The highest BCUT2D eigenvalue weighted by Crippen LogP contribution is 2.40. The summed E-state index contributed by atoms with van der Waals surface area (Å²) in [6.07, 6.45) is 1.46. The van der Waals surface area contributed by atoms with Crippen molar-refractivity contribution in [2.24, 2.45) is 0 Å². The molecule has 34 heavy (non-hydrogen) atoms. The molecule has 1 aliphatic heterocycles. The molecule has 0 aliphatic carbocycles. The van der Waals surface area contributed by atoms with Crippen LogP contribution in [0.4, 0.5) is 16.2 Å². The second-order valence-corrected chi connectivity index (χ2v) is 8.31. The number of hydrogen-bond acceptors (Lipinski definition) is 4. The lowest BCUT2D eigenvalue weighted by atomic mass is 9.94. The summed E-state index contributed by atoms with van der Waals surface area (Å²) in [5.74, 6) is -0.0316. The number of hydrogen-bond donors (Lipinski definition) is 3. The molecule has 7 nitrogen and oxygen atoms in total. The molecular formula is C27H29N3O4. The van der Waals surface area contributed by atoms with Gasteiger partial charge in [0.25, 0.3) is 11.6 Å². The standard InChI is InChI=1S/C27H29N3O4/c1-3-34-22-17-15-21(16-18-22)30-26(32)29-24-12-8-7-11-23(24)27(30,33)25(31)28-19(2)13-14-20-9-5-4-6-10-20/h4-12,15-19,33H,3,13-14H2,1-2H3,(H,28,31)(H,29,32). The Kier molecular flexibility index (Phi) is 6.84. The lowest BCUT2D eigenvalue weighted by Crippen LogP contribution is -2.63. The van der Waals surface area contributed by atoms with Gasteiger partial charge in [0, 0.05) is 17.3 Å². The van der Waals surface area contributed by atoms with Gasteiger partial charge in [0.1, 0.15) is 5.75 Å². The number of amides is 3. The molecule has 3 amide bonds. The number of ether oxygens (including phenoxy) is 1. The number of nitrogens with zero attached hydrogens (tertiary/aromatic N) is 1. The van der Waals surface area contributed by atoms with Crippen molar-refractivity contribution in [1.82, 2.24) is 5.32 Å². The van der Waals surface area contributed by atoms with Gasteiger partial charge in [0.2, 0.25) is 0 Å². The number of rotatable bonds is 8. The fourth-order valence-electron chi connectivity index (χ4n) is 4.15. The van der Waals surface area contributed by atoms with Gasteiger partial charge < -0.3 is 20.5 Å². The Hall–Kier alpha value is -3.84. The van der Waals surface area contributed by atoms with Gasteiger partial charge in [0.05, 0.1) is 12.3 Å². The quantitative estimate of drug-likeness (QED) is 0.465. The van der Waals surface area contributed by atoms with E-state index in [9.17, 15) is 14.7 Å². The summed E-state index contributed by atoms with van der Waals surface area (Å²) < 4.78 is 5.49. The van der Waals surface area contributed by atoms with Crippen molar-refractivity contribution in [3.8, 4) is 5.75 Å². The molecule has 176 valence electrons. The summed E-state index contributed by atoms with van der Waals surface area (Å²) in [4.78, 5) is 27.8. The van der Waals surface area contributed by atoms with Gasteiger partial charge in [0.15, 0.2) is 0 Å². The molecule has 0 saturated carbocycles. The Morgan fingerprint density at radius 2 is 1.74 bits per heavy atom. The zero-order valence-corrected chi connectivity index (χ0v) is 19.3. The van der Waals surface area contributed by atoms with Crippen molar-refractivity contribution < 1.29 is 19.4 Å². The highest BCUT2D eigenvalue weighted by atomic mass is 16.5. The summed E-state index contributed by atoms with van der Waals surface area (Å²) in [7, 11) is 0.